The van der Waals surface area contributed by atoms with Crippen molar-refractivity contribution in [2.75, 3.05) is 24.3 Å². The van der Waals surface area contributed by atoms with Crippen LogP contribution < -0.4 is 15.4 Å². The normalized spacial score (nSPS) is 19.8. The van der Waals surface area contributed by atoms with Crippen LogP contribution in [0.2, 0.25) is 0 Å². The van der Waals surface area contributed by atoms with Crippen LogP contribution in [-0.4, -0.2) is 30.7 Å². The third-order valence-electron chi connectivity index (χ3n) is 2.53. The van der Waals surface area contributed by atoms with Crippen LogP contribution in [0.5, 0.6) is 5.75 Å². The highest BCUT2D eigenvalue weighted by atomic mass is 32.2. The highest BCUT2D eigenvalue weighted by Gasteiger charge is 2.31. The molecule has 16 heavy (non-hydrogen) atoms. The number of carbonyl (C=O) groups excluding carboxylic acids is 1. The number of nitrogens with two attached hydrogens (primary N) is 1. The van der Waals surface area contributed by atoms with Gasteiger partial charge in [-0.1, -0.05) is 12.1 Å². The van der Waals surface area contributed by atoms with Gasteiger partial charge in [0.25, 0.3) is 5.91 Å². The van der Waals surface area contributed by atoms with Crippen LogP contribution in [0, 0.1) is 0 Å². The summed E-state index contributed by atoms with van der Waals surface area (Å²) in [4.78, 5) is 13.3. The zero-order chi connectivity index (χ0) is 11.5. The summed E-state index contributed by atoms with van der Waals surface area (Å²) in [5, 5.41) is -0.281. The van der Waals surface area contributed by atoms with Gasteiger partial charge in [0, 0.05) is 12.3 Å². The number of thioether (sulfide) groups is 1. The topological polar surface area (TPSA) is 55.6 Å². The third kappa shape index (κ3) is 1.95. The minimum atomic E-state index is -0.298. The van der Waals surface area contributed by atoms with Crippen molar-refractivity contribution in [3.05, 3.63) is 24.3 Å². The molecule has 1 aliphatic heterocycles. The molecule has 1 heterocycles. The van der Waals surface area contributed by atoms with Crippen molar-refractivity contribution >= 4 is 23.4 Å². The Kier molecular flexibility index (Phi) is 3.24. The number of methoxy groups -OCH3 is 1. The summed E-state index contributed by atoms with van der Waals surface area (Å²) in [5.41, 5.74) is 6.30. The van der Waals surface area contributed by atoms with E-state index in [0.717, 1.165) is 23.7 Å². The summed E-state index contributed by atoms with van der Waals surface area (Å²) in [5.74, 6) is 1.38. The number of nitrogens with zero attached hydrogens (tertiary/aromatic N) is 1. The molecule has 1 aromatic rings. The number of hydrogen-bond donors (Lipinski definition) is 1. The zero-order valence-corrected chi connectivity index (χ0v) is 9.87. The van der Waals surface area contributed by atoms with Gasteiger partial charge in [-0.3, -0.25) is 4.79 Å². The molecule has 1 aromatic carbocycles. The SMILES string of the molecule is COc1ccccc1N1CCS[C@H]1C(N)=O. The predicted octanol–water partition coefficient (Wildman–Crippen LogP) is 1.06. The van der Waals surface area contributed by atoms with Crippen LogP contribution >= 0.6 is 11.8 Å². The van der Waals surface area contributed by atoms with E-state index in [0.29, 0.717) is 0 Å². The number of primary amides is 1. The van der Waals surface area contributed by atoms with Gasteiger partial charge in [-0.05, 0) is 12.1 Å². The highest BCUT2D eigenvalue weighted by Crippen LogP contribution is 2.35. The first-order valence-electron chi connectivity index (χ1n) is 5.04. The molecule has 4 nitrogen and oxygen atoms in total. The van der Waals surface area contributed by atoms with Gasteiger partial charge in [0.15, 0.2) is 5.37 Å². The molecule has 5 heteroatoms. The second kappa shape index (κ2) is 4.65. The Balaban J connectivity index is 2.32. The molecule has 0 radical (unpaired) electrons. The predicted molar refractivity (Wildman–Crippen MR) is 65.8 cm³/mol. The number of amides is 1. The largest absolute Gasteiger partial charge is 0.495 e. The summed E-state index contributed by atoms with van der Waals surface area (Å²) in [6.07, 6.45) is 0. The van der Waals surface area contributed by atoms with Crippen LogP contribution in [0.15, 0.2) is 24.3 Å². The molecule has 0 saturated carbocycles. The van der Waals surface area contributed by atoms with E-state index in [4.69, 9.17) is 10.5 Å². The standard InChI is InChI=1S/C11H14N2O2S/c1-15-9-5-3-2-4-8(9)13-6-7-16-11(13)10(12)14/h2-5,11H,6-7H2,1H3,(H2,12,14)/t11-/m0/s1. The first-order chi connectivity index (χ1) is 7.74. The number of benzene rings is 1. The first kappa shape index (κ1) is 11.1. The van der Waals surface area contributed by atoms with E-state index >= 15 is 0 Å². The average Bonchev–Trinajstić information content (AvgIpc) is 2.77. The second-order valence-corrected chi connectivity index (χ2v) is 4.68. The van der Waals surface area contributed by atoms with Gasteiger partial charge < -0.3 is 15.4 Å². The molecule has 1 atom stereocenters. The molecule has 1 aliphatic rings. The van der Waals surface area contributed by atoms with E-state index in [2.05, 4.69) is 0 Å². The van der Waals surface area contributed by atoms with E-state index in [1.54, 1.807) is 18.9 Å². The summed E-state index contributed by atoms with van der Waals surface area (Å²) in [6.45, 7) is 0.818. The molecular formula is C11H14N2O2S. The summed E-state index contributed by atoms with van der Waals surface area (Å²) < 4.78 is 5.28. The lowest BCUT2D eigenvalue weighted by molar-refractivity contribution is -0.117. The smallest absolute Gasteiger partial charge is 0.250 e. The fraction of sp³-hybridized carbons (Fsp3) is 0.364. The Labute approximate surface area is 98.7 Å². The minimum absolute atomic E-state index is 0.281. The van der Waals surface area contributed by atoms with Crippen molar-refractivity contribution in [2.24, 2.45) is 5.73 Å². The number of anilines is 1. The van der Waals surface area contributed by atoms with Crippen molar-refractivity contribution < 1.29 is 9.53 Å². The highest BCUT2D eigenvalue weighted by molar-refractivity contribution is 8.01. The van der Waals surface area contributed by atoms with Gasteiger partial charge in [0.1, 0.15) is 5.75 Å². The molecule has 1 saturated heterocycles. The average molecular weight is 238 g/mol. The second-order valence-electron chi connectivity index (χ2n) is 3.49. The minimum Gasteiger partial charge on any atom is -0.495 e. The summed E-state index contributed by atoms with van der Waals surface area (Å²) >= 11 is 1.57. The van der Waals surface area contributed by atoms with Crippen molar-refractivity contribution in [1.82, 2.24) is 0 Å². The van der Waals surface area contributed by atoms with Crippen molar-refractivity contribution in [1.29, 1.82) is 0 Å². The number of ether oxygens (including phenoxy) is 1. The summed E-state index contributed by atoms with van der Waals surface area (Å²) in [6, 6.07) is 7.67. The Morgan fingerprint density at radius 3 is 3.00 bits per heavy atom. The molecule has 1 amide bonds. The quantitative estimate of drug-likeness (QED) is 0.855. The monoisotopic (exact) mass is 238 g/mol. The molecule has 0 unspecified atom stereocenters. The molecule has 2 rings (SSSR count). The fourth-order valence-corrected chi connectivity index (χ4v) is 2.91. The van der Waals surface area contributed by atoms with Crippen molar-refractivity contribution in [2.45, 2.75) is 5.37 Å². The Hall–Kier alpha value is -1.36. The molecule has 2 N–H and O–H groups in total. The molecule has 0 bridgehead atoms. The van der Waals surface area contributed by atoms with E-state index in [1.807, 2.05) is 29.2 Å². The van der Waals surface area contributed by atoms with Crippen LogP contribution in [0.1, 0.15) is 0 Å². The van der Waals surface area contributed by atoms with Crippen LogP contribution in [0.25, 0.3) is 0 Å². The summed E-state index contributed by atoms with van der Waals surface area (Å²) in [7, 11) is 1.63. The maximum atomic E-state index is 11.3. The lowest BCUT2D eigenvalue weighted by atomic mass is 10.2. The van der Waals surface area contributed by atoms with E-state index in [9.17, 15) is 4.79 Å². The number of para-hydroxylation sites is 2. The van der Waals surface area contributed by atoms with E-state index < -0.39 is 0 Å². The van der Waals surface area contributed by atoms with Gasteiger partial charge in [-0.25, -0.2) is 0 Å². The van der Waals surface area contributed by atoms with E-state index in [-0.39, 0.29) is 11.3 Å². The Bertz CT molecular complexity index is 397. The van der Waals surface area contributed by atoms with Gasteiger partial charge in [-0.15, -0.1) is 11.8 Å². The zero-order valence-electron chi connectivity index (χ0n) is 9.05. The number of rotatable bonds is 3. The van der Waals surface area contributed by atoms with Gasteiger partial charge in [-0.2, -0.15) is 0 Å². The van der Waals surface area contributed by atoms with Crippen molar-refractivity contribution in [3.8, 4) is 5.75 Å². The van der Waals surface area contributed by atoms with Crippen molar-refractivity contribution in [3.63, 3.8) is 0 Å². The number of carbonyl (C=O) groups is 1. The van der Waals surface area contributed by atoms with Crippen LogP contribution in [-0.2, 0) is 4.79 Å². The third-order valence-corrected chi connectivity index (χ3v) is 3.75. The molecular weight excluding hydrogens is 224 g/mol. The van der Waals surface area contributed by atoms with E-state index in [1.165, 1.54) is 0 Å². The lowest BCUT2D eigenvalue weighted by Gasteiger charge is -2.25. The van der Waals surface area contributed by atoms with Gasteiger partial charge >= 0.3 is 0 Å². The number of hydrogen-bond acceptors (Lipinski definition) is 4. The molecule has 0 aromatic heterocycles. The van der Waals surface area contributed by atoms with Crippen LogP contribution in [0.3, 0.4) is 0 Å². The Morgan fingerprint density at radius 1 is 1.56 bits per heavy atom. The molecule has 1 fully saturated rings. The van der Waals surface area contributed by atoms with Gasteiger partial charge in [0.2, 0.25) is 0 Å². The lowest BCUT2D eigenvalue weighted by Crippen LogP contribution is -2.38. The fourth-order valence-electron chi connectivity index (χ4n) is 1.82. The first-order valence-corrected chi connectivity index (χ1v) is 6.09. The Morgan fingerprint density at radius 2 is 2.31 bits per heavy atom. The maximum Gasteiger partial charge on any atom is 0.250 e. The molecule has 0 spiro atoms. The van der Waals surface area contributed by atoms with Crippen LogP contribution in [0.4, 0.5) is 5.69 Å². The van der Waals surface area contributed by atoms with Gasteiger partial charge in [0.05, 0.1) is 12.8 Å². The maximum absolute atomic E-state index is 11.3. The molecule has 86 valence electrons. The molecule has 0 aliphatic carbocycles.